The molecule has 0 saturated carbocycles. The Balaban J connectivity index is 1.69. The summed E-state index contributed by atoms with van der Waals surface area (Å²) < 4.78 is 19.4. The second-order valence-corrected chi connectivity index (χ2v) is 7.69. The lowest BCUT2D eigenvalue weighted by molar-refractivity contribution is 0.102. The van der Waals surface area contributed by atoms with Crippen molar-refractivity contribution in [3.05, 3.63) is 89.3 Å². The van der Waals surface area contributed by atoms with Gasteiger partial charge >= 0.3 is 0 Å². The van der Waals surface area contributed by atoms with Crippen LogP contribution in [0.3, 0.4) is 0 Å². The molecule has 0 aliphatic carbocycles. The normalized spacial score (nSPS) is 10.4. The van der Waals surface area contributed by atoms with Gasteiger partial charge in [0.25, 0.3) is 5.91 Å². The number of ether oxygens (including phenoxy) is 1. The Labute approximate surface area is 206 Å². The van der Waals surface area contributed by atoms with Crippen LogP contribution in [-0.4, -0.2) is 30.0 Å². The van der Waals surface area contributed by atoms with Gasteiger partial charge in [0, 0.05) is 18.9 Å². The van der Waals surface area contributed by atoms with Crippen molar-refractivity contribution in [3.8, 4) is 5.75 Å². The summed E-state index contributed by atoms with van der Waals surface area (Å²) in [5, 5.41) is 11.9. The number of carbonyl (C=O) groups is 1. The van der Waals surface area contributed by atoms with Crippen molar-refractivity contribution in [2.45, 2.75) is 0 Å². The molecule has 4 N–H and O–H groups in total. The van der Waals surface area contributed by atoms with Crippen molar-refractivity contribution in [1.29, 1.82) is 0 Å². The van der Waals surface area contributed by atoms with Gasteiger partial charge in [-0.3, -0.25) is 4.79 Å². The zero-order valence-electron chi connectivity index (χ0n) is 18.9. The van der Waals surface area contributed by atoms with Crippen molar-refractivity contribution in [2.75, 3.05) is 35.4 Å². The topological polar surface area (TPSA) is 100 Å². The van der Waals surface area contributed by atoms with Gasteiger partial charge < -0.3 is 26.0 Å². The maximum absolute atomic E-state index is 14.3. The first-order valence-corrected chi connectivity index (χ1v) is 10.9. The van der Waals surface area contributed by atoms with E-state index in [-0.39, 0.29) is 28.0 Å². The molecule has 1 amide bonds. The highest BCUT2D eigenvalue weighted by atomic mass is 35.5. The molecular formula is C25H22ClFN6O2. The summed E-state index contributed by atoms with van der Waals surface area (Å²) in [6.45, 7) is 0. The molecule has 0 aliphatic rings. The summed E-state index contributed by atoms with van der Waals surface area (Å²) in [7, 11) is 3.37. The highest BCUT2D eigenvalue weighted by molar-refractivity contribution is 6.34. The van der Waals surface area contributed by atoms with Crippen LogP contribution in [-0.2, 0) is 0 Å². The highest BCUT2D eigenvalue weighted by Gasteiger charge is 2.19. The SMILES string of the molecule is CNc1ccccc1Nc1nc(Nc2ccc(OC)cc2)ncc1C(=O)Nc1c(F)cccc1Cl. The molecule has 0 spiro atoms. The molecule has 1 heterocycles. The number of para-hydroxylation sites is 3. The maximum Gasteiger partial charge on any atom is 0.261 e. The van der Waals surface area contributed by atoms with E-state index in [0.29, 0.717) is 11.4 Å². The Hall–Kier alpha value is -4.37. The van der Waals surface area contributed by atoms with Crippen LogP contribution < -0.4 is 26.0 Å². The minimum Gasteiger partial charge on any atom is -0.497 e. The van der Waals surface area contributed by atoms with E-state index in [4.69, 9.17) is 16.3 Å². The second-order valence-electron chi connectivity index (χ2n) is 7.28. The average molecular weight is 493 g/mol. The fourth-order valence-electron chi connectivity index (χ4n) is 3.24. The van der Waals surface area contributed by atoms with Gasteiger partial charge in [-0.15, -0.1) is 0 Å². The molecule has 1 aromatic heterocycles. The molecule has 35 heavy (non-hydrogen) atoms. The number of aromatic nitrogens is 2. The van der Waals surface area contributed by atoms with Crippen LogP contribution in [0.1, 0.15) is 10.4 Å². The highest BCUT2D eigenvalue weighted by Crippen LogP contribution is 2.29. The van der Waals surface area contributed by atoms with Gasteiger partial charge in [0.1, 0.15) is 22.9 Å². The smallest absolute Gasteiger partial charge is 0.261 e. The van der Waals surface area contributed by atoms with E-state index >= 15 is 0 Å². The van der Waals surface area contributed by atoms with E-state index in [9.17, 15) is 9.18 Å². The summed E-state index contributed by atoms with van der Waals surface area (Å²) in [5.41, 5.74) is 2.17. The van der Waals surface area contributed by atoms with Crippen LogP contribution in [0.4, 0.5) is 38.9 Å². The van der Waals surface area contributed by atoms with E-state index in [0.717, 1.165) is 11.4 Å². The molecule has 4 rings (SSSR count). The van der Waals surface area contributed by atoms with Crippen molar-refractivity contribution >= 4 is 52.0 Å². The minimum atomic E-state index is -0.653. The summed E-state index contributed by atoms with van der Waals surface area (Å²) in [5.74, 6) is -0.109. The average Bonchev–Trinajstić information content (AvgIpc) is 2.87. The van der Waals surface area contributed by atoms with Crippen LogP contribution in [0.15, 0.2) is 72.9 Å². The number of amides is 1. The van der Waals surface area contributed by atoms with Gasteiger partial charge in [0.15, 0.2) is 0 Å². The van der Waals surface area contributed by atoms with Crippen LogP contribution >= 0.6 is 11.6 Å². The fraction of sp³-hybridized carbons (Fsp3) is 0.0800. The minimum absolute atomic E-state index is 0.0760. The number of benzene rings is 3. The predicted molar refractivity (Wildman–Crippen MR) is 137 cm³/mol. The molecule has 0 atom stereocenters. The monoisotopic (exact) mass is 492 g/mol. The number of hydrogen-bond acceptors (Lipinski definition) is 7. The number of methoxy groups -OCH3 is 1. The molecule has 3 aromatic carbocycles. The van der Waals surface area contributed by atoms with Crippen LogP contribution in [0, 0.1) is 5.82 Å². The summed E-state index contributed by atoms with van der Waals surface area (Å²) in [4.78, 5) is 21.9. The van der Waals surface area contributed by atoms with Gasteiger partial charge in [-0.05, 0) is 48.5 Å². The van der Waals surface area contributed by atoms with Crippen LogP contribution in [0.2, 0.25) is 5.02 Å². The molecule has 178 valence electrons. The Bertz CT molecular complexity index is 1330. The van der Waals surface area contributed by atoms with Crippen molar-refractivity contribution in [3.63, 3.8) is 0 Å². The van der Waals surface area contributed by atoms with E-state index < -0.39 is 11.7 Å². The summed E-state index contributed by atoms with van der Waals surface area (Å²) in [6.07, 6.45) is 1.35. The molecular weight excluding hydrogens is 471 g/mol. The largest absolute Gasteiger partial charge is 0.497 e. The summed E-state index contributed by atoms with van der Waals surface area (Å²) >= 11 is 6.08. The molecule has 8 nitrogen and oxygen atoms in total. The van der Waals surface area contributed by atoms with Crippen LogP contribution in [0.5, 0.6) is 5.75 Å². The lowest BCUT2D eigenvalue weighted by atomic mass is 10.2. The van der Waals surface area contributed by atoms with E-state index in [1.165, 1.54) is 24.4 Å². The summed E-state index contributed by atoms with van der Waals surface area (Å²) in [6, 6.07) is 18.8. The lowest BCUT2D eigenvalue weighted by Gasteiger charge is -2.16. The van der Waals surface area contributed by atoms with Gasteiger partial charge in [-0.1, -0.05) is 29.8 Å². The number of halogens is 2. The zero-order chi connectivity index (χ0) is 24.8. The molecule has 0 saturated heterocycles. The van der Waals surface area contributed by atoms with Crippen molar-refractivity contribution in [2.24, 2.45) is 0 Å². The van der Waals surface area contributed by atoms with E-state index in [2.05, 4.69) is 31.2 Å². The quantitative estimate of drug-likeness (QED) is 0.237. The van der Waals surface area contributed by atoms with Gasteiger partial charge in [-0.2, -0.15) is 4.98 Å². The van der Waals surface area contributed by atoms with Gasteiger partial charge in [-0.25, -0.2) is 9.37 Å². The number of carbonyl (C=O) groups excluding carboxylic acids is 1. The molecule has 0 radical (unpaired) electrons. The first-order valence-electron chi connectivity index (χ1n) is 10.6. The number of nitrogens with one attached hydrogen (secondary N) is 4. The molecule has 0 fully saturated rings. The Morgan fingerprint density at radius 1 is 0.971 bits per heavy atom. The first-order chi connectivity index (χ1) is 17.0. The molecule has 4 aromatic rings. The lowest BCUT2D eigenvalue weighted by Crippen LogP contribution is -2.17. The molecule has 0 aliphatic heterocycles. The van der Waals surface area contributed by atoms with Crippen molar-refractivity contribution in [1.82, 2.24) is 9.97 Å². The molecule has 0 unspecified atom stereocenters. The van der Waals surface area contributed by atoms with E-state index in [1.807, 2.05) is 36.4 Å². The van der Waals surface area contributed by atoms with Gasteiger partial charge in [0.2, 0.25) is 5.95 Å². The third-order valence-electron chi connectivity index (χ3n) is 5.03. The first kappa shape index (κ1) is 23.8. The Morgan fingerprint density at radius 3 is 2.40 bits per heavy atom. The van der Waals surface area contributed by atoms with E-state index in [1.54, 1.807) is 26.3 Å². The zero-order valence-corrected chi connectivity index (χ0v) is 19.7. The number of anilines is 6. The van der Waals surface area contributed by atoms with Crippen LogP contribution in [0.25, 0.3) is 0 Å². The molecule has 10 heteroatoms. The number of nitrogens with zero attached hydrogens (tertiary/aromatic N) is 2. The van der Waals surface area contributed by atoms with Crippen molar-refractivity contribution < 1.29 is 13.9 Å². The third kappa shape index (κ3) is 5.59. The third-order valence-corrected chi connectivity index (χ3v) is 5.35. The number of rotatable bonds is 8. The predicted octanol–water partition coefficient (Wildman–Crippen LogP) is 6.06. The Morgan fingerprint density at radius 2 is 1.71 bits per heavy atom. The maximum atomic E-state index is 14.3. The van der Waals surface area contributed by atoms with Gasteiger partial charge in [0.05, 0.1) is 29.2 Å². The molecule has 0 bridgehead atoms. The fourth-order valence-corrected chi connectivity index (χ4v) is 3.45. The second kappa shape index (κ2) is 10.7. The Kier molecular flexibility index (Phi) is 7.27. The number of hydrogen-bond donors (Lipinski definition) is 4. The standard InChI is InChI=1S/C25H22ClFN6O2/c1-28-20-8-3-4-9-21(20)31-23-17(24(34)32-22-18(26)6-5-7-19(22)27)14-29-25(33-23)30-15-10-12-16(35-2)13-11-15/h3-14,28H,1-2H3,(H,32,34)(H2,29,30,31,33).